The molecule has 0 saturated heterocycles. The number of esters is 1. The molecule has 7 nitrogen and oxygen atoms in total. The van der Waals surface area contributed by atoms with Gasteiger partial charge in [0.1, 0.15) is 5.75 Å². The fraction of sp³-hybridized carbons (Fsp3) is 0.485. The lowest BCUT2D eigenvalue weighted by Crippen LogP contribution is -2.41. The maximum Gasteiger partial charge on any atom is 0.367 e. The summed E-state index contributed by atoms with van der Waals surface area (Å²) in [6.45, 7) is 2.78. The third-order valence-corrected chi connectivity index (χ3v) is 9.82. The van der Waals surface area contributed by atoms with Gasteiger partial charge in [0.05, 0.1) is 25.2 Å². The second kappa shape index (κ2) is 13.2. The van der Waals surface area contributed by atoms with Gasteiger partial charge in [-0.3, -0.25) is 4.79 Å². The zero-order valence-electron chi connectivity index (χ0n) is 24.2. The number of methoxy groups -OCH3 is 2. The van der Waals surface area contributed by atoms with E-state index in [0.29, 0.717) is 36.2 Å². The van der Waals surface area contributed by atoms with Crippen LogP contribution in [0.2, 0.25) is 0 Å². The Morgan fingerprint density at radius 1 is 1.00 bits per heavy atom. The molecule has 0 aliphatic heterocycles. The van der Waals surface area contributed by atoms with Crippen LogP contribution >= 0.6 is 11.3 Å². The first-order valence-electron chi connectivity index (χ1n) is 14.6. The first-order chi connectivity index (χ1) is 19.9. The summed E-state index contributed by atoms with van der Waals surface area (Å²) in [5, 5.41) is 10.4. The zero-order chi connectivity index (χ0) is 28.9. The van der Waals surface area contributed by atoms with E-state index in [1.807, 2.05) is 29.2 Å². The Morgan fingerprint density at radius 3 is 2.44 bits per heavy atom. The topological polar surface area (TPSA) is 89.0 Å². The average molecular weight is 577 g/mol. The molecule has 0 bridgehead atoms. The Hall–Kier alpha value is -3.23. The number of aliphatic hydroxyl groups is 1. The van der Waals surface area contributed by atoms with Crippen LogP contribution in [0.15, 0.2) is 48.7 Å². The molecule has 2 saturated carbocycles. The Morgan fingerprint density at radius 2 is 1.76 bits per heavy atom. The summed E-state index contributed by atoms with van der Waals surface area (Å²) in [5.74, 6) is 1.50. The molecule has 2 aliphatic carbocycles. The van der Waals surface area contributed by atoms with Crippen molar-refractivity contribution in [1.29, 1.82) is 0 Å². The van der Waals surface area contributed by atoms with E-state index in [4.69, 9.17) is 9.47 Å². The van der Waals surface area contributed by atoms with Gasteiger partial charge in [0.25, 0.3) is 0 Å². The van der Waals surface area contributed by atoms with Crippen LogP contribution in [0.3, 0.4) is 0 Å². The Bertz CT molecular complexity index is 1360. The number of hydrogen-bond donors (Lipinski definition) is 1. The summed E-state index contributed by atoms with van der Waals surface area (Å²) in [6.07, 6.45) is 8.52. The molecule has 0 radical (unpaired) electrons. The number of aromatic nitrogens is 1. The molecule has 2 fully saturated rings. The number of anilines is 1. The van der Waals surface area contributed by atoms with Gasteiger partial charge in [0, 0.05) is 24.3 Å². The van der Waals surface area contributed by atoms with E-state index in [2.05, 4.69) is 30.1 Å². The number of aliphatic hydroxyl groups excluding tert-OH is 1. The first-order valence-corrected chi connectivity index (χ1v) is 15.5. The smallest absolute Gasteiger partial charge is 0.367 e. The maximum atomic E-state index is 14.0. The number of carbonyl (C=O) groups excluding carboxylic acids is 2. The molecule has 1 heterocycles. The molecule has 218 valence electrons. The van der Waals surface area contributed by atoms with Crippen molar-refractivity contribution >= 4 is 28.9 Å². The van der Waals surface area contributed by atoms with Crippen molar-refractivity contribution in [3.63, 3.8) is 0 Å². The predicted octanol–water partition coefficient (Wildman–Crippen LogP) is 6.77. The van der Waals surface area contributed by atoms with Crippen LogP contribution in [0, 0.1) is 18.8 Å². The van der Waals surface area contributed by atoms with E-state index in [0.717, 1.165) is 60.4 Å². The van der Waals surface area contributed by atoms with Crippen LogP contribution in [0.4, 0.5) is 5.69 Å². The molecule has 3 aromatic rings. The monoisotopic (exact) mass is 576 g/mol. The fourth-order valence-electron chi connectivity index (χ4n) is 6.37. The molecule has 5 rings (SSSR count). The lowest BCUT2D eigenvalue weighted by Gasteiger charge is -2.36. The van der Waals surface area contributed by atoms with Crippen molar-refractivity contribution in [1.82, 2.24) is 4.98 Å². The minimum atomic E-state index is -0.450. The van der Waals surface area contributed by atoms with Crippen molar-refractivity contribution in [3.8, 4) is 16.2 Å². The summed E-state index contributed by atoms with van der Waals surface area (Å²) >= 11 is 1.29. The van der Waals surface area contributed by atoms with Crippen molar-refractivity contribution in [2.75, 3.05) is 25.7 Å². The minimum Gasteiger partial charge on any atom is -0.496 e. The van der Waals surface area contributed by atoms with Gasteiger partial charge in [-0.25, -0.2) is 9.78 Å². The van der Waals surface area contributed by atoms with Gasteiger partial charge in [-0.15, -0.1) is 11.3 Å². The highest BCUT2D eigenvalue weighted by molar-refractivity contribution is 7.16. The van der Waals surface area contributed by atoms with E-state index in [1.54, 1.807) is 13.3 Å². The summed E-state index contributed by atoms with van der Waals surface area (Å²) in [4.78, 5) is 33.0. The number of rotatable bonds is 8. The SMILES string of the molecule is COC(=O)c1ncc(-c2cccc(N(CC3CCC(c4ccc(OC)c(C)c4)CC3)C(=O)C3CCC(O)CC3)c2)s1. The number of thiazole rings is 1. The van der Waals surface area contributed by atoms with Gasteiger partial charge >= 0.3 is 5.97 Å². The average Bonchev–Trinajstić information content (AvgIpc) is 3.50. The number of benzene rings is 2. The van der Waals surface area contributed by atoms with Gasteiger partial charge in [0.15, 0.2) is 0 Å². The summed E-state index contributed by atoms with van der Waals surface area (Å²) in [5.41, 5.74) is 4.34. The molecule has 1 aromatic heterocycles. The van der Waals surface area contributed by atoms with Gasteiger partial charge in [0.2, 0.25) is 10.9 Å². The molecule has 2 aromatic carbocycles. The number of ether oxygens (including phenoxy) is 2. The van der Waals surface area contributed by atoms with Crippen LogP contribution in [0.1, 0.15) is 78.2 Å². The molecular weight excluding hydrogens is 536 g/mol. The number of aryl methyl sites for hydroxylation is 1. The van der Waals surface area contributed by atoms with Crippen molar-refractivity contribution in [3.05, 3.63) is 64.8 Å². The molecule has 0 atom stereocenters. The Kier molecular flexibility index (Phi) is 9.40. The third-order valence-electron chi connectivity index (χ3n) is 8.80. The third kappa shape index (κ3) is 6.81. The normalized spacial score (nSPS) is 22.6. The molecule has 2 aliphatic rings. The van der Waals surface area contributed by atoms with Gasteiger partial charge in [-0.2, -0.15) is 0 Å². The standard InChI is InChI=1S/C33H40N2O5S/c1-21-17-25(13-16-29(21)39-2)23-9-7-22(8-10-23)20-35(32(37)24-11-14-28(36)15-12-24)27-6-4-5-26(18-27)30-19-34-31(41-30)33(38)40-3/h4-6,13,16-19,22-24,28,36H,7-12,14-15,20H2,1-3H3. The molecular formula is C33H40N2O5S. The van der Waals surface area contributed by atoms with Crippen LogP contribution < -0.4 is 9.64 Å². The van der Waals surface area contributed by atoms with Crippen molar-refractivity contribution in [2.24, 2.45) is 11.8 Å². The Balaban J connectivity index is 1.34. The maximum absolute atomic E-state index is 14.0. The lowest BCUT2D eigenvalue weighted by atomic mass is 9.78. The predicted molar refractivity (Wildman–Crippen MR) is 162 cm³/mol. The van der Waals surface area contributed by atoms with Crippen molar-refractivity contribution in [2.45, 2.75) is 70.3 Å². The van der Waals surface area contributed by atoms with E-state index in [1.165, 1.54) is 29.6 Å². The second-order valence-electron chi connectivity index (χ2n) is 11.5. The van der Waals surface area contributed by atoms with Crippen molar-refractivity contribution < 1.29 is 24.2 Å². The highest BCUT2D eigenvalue weighted by Crippen LogP contribution is 2.39. The number of hydrogen-bond acceptors (Lipinski definition) is 7. The fourth-order valence-corrected chi connectivity index (χ4v) is 7.20. The highest BCUT2D eigenvalue weighted by Gasteiger charge is 2.32. The van der Waals surface area contributed by atoms with Gasteiger partial charge in [-0.1, -0.05) is 24.3 Å². The van der Waals surface area contributed by atoms with E-state index in [-0.39, 0.29) is 17.9 Å². The molecule has 0 spiro atoms. The molecule has 8 heteroatoms. The number of carbonyl (C=O) groups is 2. The van der Waals surface area contributed by atoms with Crippen LogP contribution in [0.5, 0.6) is 5.75 Å². The number of amides is 1. The minimum absolute atomic E-state index is 0.0741. The zero-order valence-corrected chi connectivity index (χ0v) is 25.0. The summed E-state index contributed by atoms with van der Waals surface area (Å²) in [7, 11) is 3.06. The quantitative estimate of drug-likeness (QED) is 0.298. The van der Waals surface area contributed by atoms with Crippen LogP contribution in [0.25, 0.3) is 10.4 Å². The van der Waals surface area contributed by atoms with E-state index < -0.39 is 5.97 Å². The lowest BCUT2D eigenvalue weighted by molar-refractivity contribution is -0.124. The molecule has 0 unspecified atom stereocenters. The summed E-state index contributed by atoms with van der Waals surface area (Å²) in [6, 6.07) is 14.5. The molecule has 1 N–H and O–H groups in total. The Labute approximate surface area is 246 Å². The number of nitrogens with zero attached hydrogens (tertiary/aromatic N) is 2. The largest absolute Gasteiger partial charge is 0.496 e. The van der Waals surface area contributed by atoms with E-state index in [9.17, 15) is 14.7 Å². The van der Waals surface area contributed by atoms with E-state index >= 15 is 0 Å². The summed E-state index contributed by atoms with van der Waals surface area (Å²) < 4.78 is 10.3. The first kappa shape index (κ1) is 29.3. The van der Waals surface area contributed by atoms with Gasteiger partial charge < -0.3 is 19.5 Å². The molecule has 1 amide bonds. The highest BCUT2D eigenvalue weighted by atomic mass is 32.1. The van der Waals surface area contributed by atoms with Gasteiger partial charge in [-0.05, 0) is 105 Å². The van der Waals surface area contributed by atoms with Crippen LogP contribution in [-0.4, -0.2) is 48.8 Å². The van der Waals surface area contributed by atoms with Crippen LogP contribution in [-0.2, 0) is 9.53 Å². The second-order valence-corrected chi connectivity index (χ2v) is 12.5. The molecule has 41 heavy (non-hydrogen) atoms.